The Hall–Kier alpha value is -0.670. The molecule has 0 saturated heterocycles. The van der Waals surface area contributed by atoms with Crippen LogP contribution in [0.1, 0.15) is 18.9 Å². The summed E-state index contributed by atoms with van der Waals surface area (Å²) in [5.41, 5.74) is 1.13. The second-order valence-corrected chi connectivity index (χ2v) is 6.32. The maximum atomic E-state index is 6.33. The minimum atomic E-state index is 0.768. The molecule has 0 heterocycles. The van der Waals surface area contributed by atoms with E-state index in [1.165, 1.54) is 0 Å². The molecule has 0 atom stereocenters. The third-order valence-corrected chi connectivity index (χ3v) is 4.84. The van der Waals surface area contributed by atoms with Crippen LogP contribution in [0.25, 0.3) is 0 Å². The van der Waals surface area contributed by atoms with Crippen LogP contribution in [-0.2, 0) is 6.54 Å². The summed E-state index contributed by atoms with van der Waals surface area (Å²) in [4.78, 5) is 2.20. The smallest absolute Gasteiger partial charge is 0.0545 e. The summed E-state index contributed by atoms with van der Waals surface area (Å²) >= 11 is 14.2. The van der Waals surface area contributed by atoms with Crippen LogP contribution in [-0.4, -0.2) is 6.54 Å². The SMILES string of the molecule is CCCNCc1c(Cl)cccc1Sc1ccccc1Cl. The van der Waals surface area contributed by atoms with Gasteiger partial charge in [-0.1, -0.05) is 60.1 Å². The van der Waals surface area contributed by atoms with Crippen molar-refractivity contribution in [2.24, 2.45) is 0 Å². The second kappa shape index (κ2) is 7.94. The Balaban J connectivity index is 2.23. The first-order valence-corrected chi connectivity index (χ1v) is 8.20. The highest BCUT2D eigenvalue weighted by atomic mass is 35.5. The molecule has 4 heteroatoms. The lowest BCUT2D eigenvalue weighted by Gasteiger charge is -2.12. The summed E-state index contributed by atoms with van der Waals surface area (Å²) in [6.45, 7) is 3.92. The molecular formula is C16H17Cl2NS. The van der Waals surface area contributed by atoms with Crippen molar-refractivity contribution in [3.8, 4) is 0 Å². The van der Waals surface area contributed by atoms with E-state index in [4.69, 9.17) is 23.2 Å². The van der Waals surface area contributed by atoms with E-state index in [1.54, 1.807) is 11.8 Å². The van der Waals surface area contributed by atoms with Gasteiger partial charge in [-0.3, -0.25) is 0 Å². The fourth-order valence-corrected chi connectivity index (χ4v) is 3.39. The molecule has 0 radical (unpaired) electrons. The summed E-state index contributed by atoms with van der Waals surface area (Å²) < 4.78 is 0. The first-order chi connectivity index (χ1) is 9.72. The van der Waals surface area contributed by atoms with Crippen LogP contribution in [0.15, 0.2) is 52.3 Å². The summed E-state index contributed by atoms with van der Waals surface area (Å²) in [7, 11) is 0. The van der Waals surface area contributed by atoms with Crippen LogP contribution in [0.5, 0.6) is 0 Å². The van der Waals surface area contributed by atoms with Gasteiger partial charge in [-0.15, -0.1) is 0 Å². The molecule has 106 valence electrons. The van der Waals surface area contributed by atoms with Crippen LogP contribution in [0.2, 0.25) is 10.0 Å². The van der Waals surface area contributed by atoms with E-state index in [1.807, 2.05) is 36.4 Å². The molecule has 0 aliphatic rings. The third kappa shape index (κ3) is 4.16. The van der Waals surface area contributed by atoms with Gasteiger partial charge >= 0.3 is 0 Å². The number of rotatable bonds is 6. The number of hydrogen-bond donors (Lipinski definition) is 1. The first-order valence-electron chi connectivity index (χ1n) is 6.63. The second-order valence-electron chi connectivity index (χ2n) is 4.43. The average Bonchev–Trinajstić information content (AvgIpc) is 2.44. The summed E-state index contributed by atoms with van der Waals surface area (Å²) in [6, 6.07) is 13.9. The molecule has 2 aromatic rings. The predicted octanol–water partition coefficient (Wildman–Crippen LogP) is 5.64. The fourth-order valence-electron chi connectivity index (χ4n) is 1.84. The van der Waals surface area contributed by atoms with Gasteiger partial charge in [-0.05, 0) is 42.8 Å². The van der Waals surface area contributed by atoms with E-state index < -0.39 is 0 Å². The Kier molecular flexibility index (Phi) is 6.24. The van der Waals surface area contributed by atoms with E-state index in [-0.39, 0.29) is 0 Å². The van der Waals surface area contributed by atoms with Crippen molar-refractivity contribution in [2.75, 3.05) is 6.54 Å². The lowest BCUT2D eigenvalue weighted by Crippen LogP contribution is -2.14. The molecule has 0 bridgehead atoms. The normalized spacial score (nSPS) is 10.8. The highest BCUT2D eigenvalue weighted by Gasteiger charge is 2.09. The number of hydrogen-bond acceptors (Lipinski definition) is 2. The monoisotopic (exact) mass is 325 g/mol. The molecule has 0 spiro atoms. The Bertz CT molecular complexity index is 572. The van der Waals surface area contributed by atoms with Crippen LogP contribution >= 0.6 is 35.0 Å². The summed E-state index contributed by atoms with van der Waals surface area (Å²) in [5, 5.41) is 4.97. The van der Waals surface area contributed by atoms with Crippen molar-refractivity contribution >= 4 is 35.0 Å². The molecule has 0 saturated carbocycles. The topological polar surface area (TPSA) is 12.0 Å². The van der Waals surface area contributed by atoms with E-state index in [2.05, 4.69) is 18.3 Å². The molecule has 1 nitrogen and oxygen atoms in total. The number of benzene rings is 2. The van der Waals surface area contributed by atoms with Gasteiger partial charge in [-0.2, -0.15) is 0 Å². The lowest BCUT2D eigenvalue weighted by atomic mass is 10.2. The number of halogens is 2. The molecule has 0 aliphatic heterocycles. The van der Waals surface area contributed by atoms with Gasteiger partial charge in [0, 0.05) is 21.4 Å². The van der Waals surface area contributed by atoms with E-state index in [0.29, 0.717) is 0 Å². The quantitative estimate of drug-likeness (QED) is 0.689. The van der Waals surface area contributed by atoms with E-state index >= 15 is 0 Å². The standard InChI is InChI=1S/C16H17Cl2NS/c1-2-10-19-11-12-13(17)7-5-9-15(12)20-16-8-4-3-6-14(16)18/h3-9,19H,2,10-11H2,1H3. The van der Waals surface area contributed by atoms with E-state index in [0.717, 1.165) is 44.9 Å². The Morgan fingerprint density at radius 1 is 0.950 bits per heavy atom. The van der Waals surface area contributed by atoms with Crippen molar-refractivity contribution in [3.05, 3.63) is 58.1 Å². The number of nitrogens with one attached hydrogen (secondary N) is 1. The van der Waals surface area contributed by atoms with Gasteiger partial charge in [0.2, 0.25) is 0 Å². The molecule has 1 N–H and O–H groups in total. The van der Waals surface area contributed by atoms with Gasteiger partial charge in [0.05, 0.1) is 5.02 Å². The van der Waals surface area contributed by atoms with Gasteiger partial charge in [-0.25, -0.2) is 0 Å². The van der Waals surface area contributed by atoms with Crippen molar-refractivity contribution < 1.29 is 0 Å². The van der Waals surface area contributed by atoms with Gasteiger partial charge in [0.15, 0.2) is 0 Å². The minimum absolute atomic E-state index is 0.768. The maximum absolute atomic E-state index is 6.33. The molecule has 2 aromatic carbocycles. The van der Waals surface area contributed by atoms with Crippen LogP contribution < -0.4 is 5.32 Å². The maximum Gasteiger partial charge on any atom is 0.0545 e. The molecule has 0 fully saturated rings. The molecule has 0 aliphatic carbocycles. The van der Waals surface area contributed by atoms with Crippen LogP contribution in [0.4, 0.5) is 0 Å². The largest absolute Gasteiger partial charge is 0.313 e. The molecule has 20 heavy (non-hydrogen) atoms. The van der Waals surface area contributed by atoms with Crippen molar-refractivity contribution in [1.82, 2.24) is 5.32 Å². The highest BCUT2D eigenvalue weighted by molar-refractivity contribution is 7.99. The van der Waals surface area contributed by atoms with Crippen molar-refractivity contribution in [2.45, 2.75) is 29.7 Å². The minimum Gasteiger partial charge on any atom is -0.313 e. The zero-order valence-electron chi connectivity index (χ0n) is 11.3. The summed E-state index contributed by atoms with van der Waals surface area (Å²) in [5.74, 6) is 0. The highest BCUT2D eigenvalue weighted by Crippen LogP contribution is 2.37. The molecule has 0 amide bonds. The van der Waals surface area contributed by atoms with Crippen molar-refractivity contribution in [1.29, 1.82) is 0 Å². The lowest BCUT2D eigenvalue weighted by molar-refractivity contribution is 0.669. The molecule has 0 unspecified atom stereocenters. The van der Waals surface area contributed by atoms with Crippen LogP contribution in [0.3, 0.4) is 0 Å². The molecular weight excluding hydrogens is 309 g/mol. The van der Waals surface area contributed by atoms with Gasteiger partial charge < -0.3 is 5.32 Å². The first kappa shape index (κ1) is 15.7. The Labute approximate surface area is 134 Å². The van der Waals surface area contributed by atoms with Crippen molar-refractivity contribution in [3.63, 3.8) is 0 Å². The Morgan fingerprint density at radius 2 is 1.65 bits per heavy atom. The third-order valence-electron chi connectivity index (χ3n) is 2.86. The van der Waals surface area contributed by atoms with Gasteiger partial charge in [0.1, 0.15) is 0 Å². The van der Waals surface area contributed by atoms with Gasteiger partial charge in [0.25, 0.3) is 0 Å². The van der Waals surface area contributed by atoms with Crippen LogP contribution in [0, 0.1) is 0 Å². The molecule has 0 aromatic heterocycles. The fraction of sp³-hybridized carbons (Fsp3) is 0.250. The average molecular weight is 326 g/mol. The summed E-state index contributed by atoms with van der Waals surface area (Å²) in [6.07, 6.45) is 1.11. The zero-order chi connectivity index (χ0) is 14.4. The molecule has 2 rings (SSSR count). The van der Waals surface area contributed by atoms with E-state index in [9.17, 15) is 0 Å². The zero-order valence-corrected chi connectivity index (χ0v) is 13.7. The Morgan fingerprint density at radius 3 is 2.40 bits per heavy atom. The predicted molar refractivity (Wildman–Crippen MR) is 89.0 cm³/mol.